The van der Waals surface area contributed by atoms with Gasteiger partial charge < -0.3 is 14.6 Å². The molecule has 5 nitrogen and oxygen atoms in total. The van der Waals surface area contributed by atoms with Gasteiger partial charge in [-0.15, -0.1) is 0 Å². The Bertz CT molecular complexity index is 1210. The Morgan fingerprint density at radius 1 is 1.13 bits per heavy atom. The third kappa shape index (κ3) is 3.42. The minimum atomic E-state index is -0.341. The average Bonchev–Trinajstić information content (AvgIpc) is 3.13. The van der Waals surface area contributed by atoms with Crippen LogP contribution in [0.1, 0.15) is 47.1 Å². The number of methoxy groups -OCH3 is 1. The Morgan fingerprint density at radius 3 is 2.61 bits per heavy atom. The number of halogens is 2. The second-order valence-electron chi connectivity index (χ2n) is 7.93. The van der Waals surface area contributed by atoms with Gasteiger partial charge in [0.25, 0.3) is 0 Å². The van der Waals surface area contributed by atoms with Crippen LogP contribution >= 0.6 is 23.2 Å². The summed E-state index contributed by atoms with van der Waals surface area (Å²) in [5.74, 6) is 1.18. The molecule has 2 aromatic carbocycles. The number of hydrogen-bond acceptors (Lipinski definition) is 5. The molecule has 1 aliphatic carbocycles. The van der Waals surface area contributed by atoms with Gasteiger partial charge in [-0.2, -0.15) is 0 Å². The zero-order chi connectivity index (χ0) is 21.7. The third-order valence-corrected chi connectivity index (χ3v) is 6.68. The van der Waals surface area contributed by atoms with E-state index in [-0.39, 0.29) is 17.6 Å². The predicted molar refractivity (Wildman–Crippen MR) is 120 cm³/mol. The van der Waals surface area contributed by atoms with E-state index in [1.54, 1.807) is 19.2 Å². The van der Waals surface area contributed by atoms with Crippen LogP contribution in [-0.2, 0) is 4.79 Å². The fourth-order valence-electron chi connectivity index (χ4n) is 4.63. The molecule has 3 aromatic rings. The topological polar surface area (TPSA) is 64.4 Å². The smallest absolute Gasteiger partial charge is 0.233 e. The fraction of sp³-hybridized carbons (Fsp3) is 0.250. The number of benzene rings is 2. The number of nitrogens with zero attached hydrogens (tertiary/aromatic N) is 1. The van der Waals surface area contributed by atoms with Gasteiger partial charge in [0.1, 0.15) is 5.75 Å². The largest absolute Gasteiger partial charge is 0.497 e. The lowest BCUT2D eigenvalue weighted by Gasteiger charge is -2.34. The molecular weight excluding hydrogens is 435 g/mol. The summed E-state index contributed by atoms with van der Waals surface area (Å²) in [6, 6.07) is 13.3. The summed E-state index contributed by atoms with van der Waals surface area (Å²) in [4.78, 5) is 13.5. The maximum atomic E-state index is 13.5. The maximum absolute atomic E-state index is 13.5. The van der Waals surface area contributed by atoms with Crippen LogP contribution in [0.4, 0.5) is 5.88 Å². The van der Waals surface area contributed by atoms with Gasteiger partial charge in [-0.25, -0.2) is 0 Å². The van der Waals surface area contributed by atoms with Crippen molar-refractivity contribution in [1.82, 2.24) is 5.16 Å². The summed E-state index contributed by atoms with van der Waals surface area (Å²) < 4.78 is 10.8. The molecule has 0 amide bonds. The van der Waals surface area contributed by atoms with E-state index < -0.39 is 0 Å². The van der Waals surface area contributed by atoms with Crippen molar-refractivity contribution in [3.63, 3.8) is 0 Å². The van der Waals surface area contributed by atoms with Crippen LogP contribution < -0.4 is 10.1 Å². The number of Topliss-reactive ketones (excluding diaryl/α,β-unsaturated/α-hetero) is 1. The summed E-state index contributed by atoms with van der Waals surface area (Å²) in [6.07, 6.45) is 1.11. The van der Waals surface area contributed by atoms with Crippen LogP contribution in [0, 0.1) is 6.92 Å². The first-order valence-electron chi connectivity index (χ1n) is 10.0. The second-order valence-corrected chi connectivity index (χ2v) is 8.77. The lowest BCUT2D eigenvalue weighted by Crippen LogP contribution is -2.29. The van der Waals surface area contributed by atoms with Crippen molar-refractivity contribution in [2.75, 3.05) is 12.4 Å². The highest BCUT2D eigenvalue weighted by atomic mass is 35.5. The lowest BCUT2D eigenvalue weighted by atomic mass is 9.72. The summed E-state index contributed by atoms with van der Waals surface area (Å²) in [5, 5.41) is 8.55. The van der Waals surface area contributed by atoms with E-state index in [0.717, 1.165) is 39.4 Å². The number of ether oxygens (including phenoxy) is 1. The Morgan fingerprint density at radius 2 is 1.90 bits per heavy atom. The Kier molecular flexibility index (Phi) is 5.03. The van der Waals surface area contributed by atoms with Gasteiger partial charge in [0.2, 0.25) is 5.88 Å². The molecule has 5 rings (SSSR count). The standard InChI is InChI=1S/C24H20Cl2N2O3/c1-12-21-22(17-8-5-15(25)11-18(17)26)23-19(27-24(21)31-28-12)9-14(10-20(23)29)13-3-6-16(30-2)7-4-13/h3-8,11,14,22,27H,9-10H2,1-2H3/t14-,22+/m1/s1. The van der Waals surface area contributed by atoms with Crippen molar-refractivity contribution in [2.45, 2.75) is 31.6 Å². The van der Waals surface area contributed by atoms with Crippen LogP contribution in [0.2, 0.25) is 10.0 Å². The Balaban J connectivity index is 1.60. The minimum Gasteiger partial charge on any atom is -0.497 e. The maximum Gasteiger partial charge on any atom is 0.233 e. The molecule has 2 heterocycles. The molecule has 1 aliphatic heterocycles. The molecule has 2 atom stereocenters. The number of allylic oxidation sites excluding steroid dienone is 2. The fourth-order valence-corrected chi connectivity index (χ4v) is 5.15. The lowest BCUT2D eigenvalue weighted by molar-refractivity contribution is -0.116. The minimum absolute atomic E-state index is 0.0663. The SMILES string of the molecule is COc1ccc([C@H]2CC(=O)C3=C(C2)Nc2onc(C)c2[C@@H]3c2ccc(Cl)cc2Cl)cc1. The molecule has 158 valence electrons. The number of hydrogen-bond donors (Lipinski definition) is 1. The first-order valence-corrected chi connectivity index (χ1v) is 10.8. The predicted octanol–water partition coefficient (Wildman–Crippen LogP) is 6.26. The van der Waals surface area contributed by atoms with Crippen molar-refractivity contribution in [3.05, 3.63) is 86.2 Å². The molecule has 0 saturated carbocycles. The van der Waals surface area contributed by atoms with E-state index in [1.807, 2.05) is 37.3 Å². The highest BCUT2D eigenvalue weighted by molar-refractivity contribution is 6.35. The van der Waals surface area contributed by atoms with E-state index in [2.05, 4.69) is 10.5 Å². The molecule has 0 radical (unpaired) electrons. The number of carbonyl (C=O) groups is 1. The van der Waals surface area contributed by atoms with Gasteiger partial charge in [0, 0.05) is 33.7 Å². The first kappa shape index (κ1) is 20.2. The molecule has 0 unspecified atom stereocenters. The van der Waals surface area contributed by atoms with E-state index >= 15 is 0 Å². The molecule has 1 aromatic heterocycles. The van der Waals surface area contributed by atoms with Crippen molar-refractivity contribution >= 4 is 34.9 Å². The van der Waals surface area contributed by atoms with Gasteiger partial charge in [-0.3, -0.25) is 4.79 Å². The second kappa shape index (κ2) is 7.74. The summed E-state index contributed by atoms with van der Waals surface area (Å²) >= 11 is 12.7. The van der Waals surface area contributed by atoms with Gasteiger partial charge in [-0.1, -0.05) is 46.6 Å². The van der Waals surface area contributed by atoms with Gasteiger partial charge in [0.15, 0.2) is 5.78 Å². The van der Waals surface area contributed by atoms with Crippen molar-refractivity contribution < 1.29 is 14.1 Å². The zero-order valence-corrected chi connectivity index (χ0v) is 18.6. The third-order valence-electron chi connectivity index (χ3n) is 6.12. The number of fused-ring (bicyclic) bond motifs is 1. The van der Waals surface area contributed by atoms with E-state index in [4.69, 9.17) is 32.5 Å². The van der Waals surface area contributed by atoms with Gasteiger partial charge in [0.05, 0.1) is 18.4 Å². The quantitative estimate of drug-likeness (QED) is 0.505. The number of anilines is 1. The van der Waals surface area contributed by atoms with Crippen molar-refractivity contribution in [2.24, 2.45) is 0 Å². The average molecular weight is 455 g/mol. The number of carbonyl (C=O) groups excluding carboxylic acids is 1. The molecule has 0 saturated heterocycles. The Hall–Kier alpha value is -2.76. The van der Waals surface area contributed by atoms with Crippen LogP contribution in [0.15, 0.2) is 58.3 Å². The number of ketones is 1. The monoisotopic (exact) mass is 454 g/mol. The van der Waals surface area contributed by atoms with Gasteiger partial charge >= 0.3 is 0 Å². The van der Waals surface area contributed by atoms with Gasteiger partial charge in [-0.05, 0) is 54.7 Å². The molecule has 2 aliphatic rings. The highest BCUT2D eigenvalue weighted by Gasteiger charge is 2.41. The first-order chi connectivity index (χ1) is 15.0. The van der Waals surface area contributed by atoms with Crippen molar-refractivity contribution in [3.8, 4) is 5.75 Å². The van der Waals surface area contributed by atoms with Crippen LogP contribution in [-0.4, -0.2) is 18.0 Å². The van der Waals surface area contributed by atoms with Crippen LogP contribution in [0.25, 0.3) is 0 Å². The van der Waals surface area contributed by atoms with E-state index in [0.29, 0.717) is 28.8 Å². The Labute approximate surface area is 190 Å². The van der Waals surface area contributed by atoms with E-state index in [1.165, 1.54) is 0 Å². The summed E-state index contributed by atoms with van der Waals surface area (Å²) in [5.41, 5.74) is 5.09. The highest BCUT2D eigenvalue weighted by Crippen LogP contribution is 2.50. The van der Waals surface area contributed by atoms with Crippen LogP contribution in [0.5, 0.6) is 5.75 Å². The molecule has 0 spiro atoms. The van der Waals surface area contributed by atoms with Crippen molar-refractivity contribution in [1.29, 1.82) is 0 Å². The normalized spacial score (nSPS) is 20.2. The zero-order valence-electron chi connectivity index (χ0n) is 17.0. The number of nitrogens with one attached hydrogen (secondary N) is 1. The summed E-state index contributed by atoms with van der Waals surface area (Å²) in [6.45, 7) is 1.87. The van der Waals surface area contributed by atoms with Crippen LogP contribution in [0.3, 0.4) is 0 Å². The molecule has 7 heteroatoms. The molecule has 0 fully saturated rings. The molecule has 0 bridgehead atoms. The van der Waals surface area contributed by atoms with E-state index in [9.17, 15) is 4.79 Å². The molecular formula is C24H20Cl2N2O3. The summed E-state index contributed by atoms with van der Waals surface area (Å²) in [7, 11) is 1.64. The number of rotatable bonds is 3. The molecule has 31 heavy (non-hydrogen) atoms. The molecule has 1 N–H and O–H groups in total. The number of aryl methyl sites for hydroxylation is 1. The number of aromatic nitrogens is 1.